The van der Waals surface area contributed by atoms with Crippen molar-refractivity contribution in [1.29, 1.82) is 0 Å². The number of hydrogen-bond acceptors (Lipinski definition) is 0. The zero-order valence-corrected chi connectivity index (χ0v) is 6.29. The van der Waals surface area contributed by atoms with Crippen molar-refractivity contribution in [2.24, 2.45) is 0 Å². The van der Waals surface area contributed by atoms with Gasteiger partial charge in [0.25, 0.3) is 0 Å². The monoisotopic (exact) mass is 170 g/mol. The normalized spacial score (nSPS) is 9.58. The summed E-state index contributed by atoms with van der Waals surface area (Å²) >= 11 is 0. The maximum Gasteiger partial charge on any atom is 0.147 e. The molecule has 0 spiro atoms. The molecule has 0 radical (unpaired) electrons. The molecule has 0 unspecified atom stereocenters. The molecule has 0 fully saturated rings. The Kier molecular flexibility index (Phi) is 2.09. The molecular formula is C9H5F3. The Hall–Kier alpha value is -1.43. The Bertz CT molecular complexity index is 361. The number of halogens is 3. The van der Waals surface area contributed by atoms with E-state index in [0.717, 1.165) is 0 Å². The molecule has 0 bridgehead atoms. The maximum absolute atomic E-state index is 12.9. The van der Waals surface area contributed by atoms with E-state index in [1.165, 1.54) is 6.92 Å². The van der Waals surface area contributed by atoms with Crippen LogP contribution in [0.3, 0.4) is 0 Å². The van der Waals surface area contributed by atoms with Gasteiger partial charge in [-0.2, -0.15) is 0 Å². The third-order valence-electron chi connectivity index (χ3n) is 1.54. The van der Waals surface area contributed by atoms with E-state index in [1.54, 1.807) is 0 Å². The largest absolute Gasteiger partial charge is 0.206 e. The lowest BCUT2D eigenvalue weighted by molar-refractivity contribution is 0.528. The molecule has 0 nitrogen and oxygen atoms in total. The average molecular weight is 170 g/mol. The molecule has 0 aliphatic rings. The van der Waals surface area contributed by atoms with Gasteiger partial charge in [-0.3, -0.25) is 0 Å². The van der Waals surface area contributed by atoms with Gasteiger partial charge in [0.15, 0.2) is 0 Å². The second-order valence-corrected chi connectivity index (χ2v) is 2.30. The van der Waals surface area contributed by atoms with Crippen molar-refractivity contribution in [1.82, 2.24) is 0 Å². The highest BCUT2D eigenvalue weighted by Gasteiger charge is 2.13. The Morgan fingerprint density at radius 3 is 2.33 bits per heavy atom. The highest BCUT2D eigenvalue weighted by Crippen LogP contribution is 2.18. The van der Waals surface area contributed by atoms with E-state index in [1.807, 2.05) is 5.92 Å². The summed E-state index contributed by atoms with van der Waals surface area (Å²) in [7, 11) is 0. The van der Waals surface area contributed by atoms with E-state index in [4.69, 9.17) is 6.42 Å². The van der Waals surface area contributed by atoms with Crippen LogP contribution in [0.25, 0.3) is 0 Å². The molecule has 1 rings (SSSR count). The smallest absolute Gasteiger partial charge is 0.147 e. The predicted molar refractivity (Wildman–Crippen MR) is 39.0 cm³/mol. The van der Waals surface area contributed by atoms with E-state index in [9.17, 15) is 13.2 Å². The van der Waals surface area contributed by atoms with Gasteiger partial charge in [0.1, 0.15) is 17.5 Å². The molecule has 0 aromatic heterocycles. The van der Waals surface area contributed by atoms with Crippen LogP contribution in [0.2, 0.25) is 0 Å². The first-order valence-electron chi connectivity index (χ1n) is 3.18. The fourth-order valence-corrected chi connectivity index (χ4v) is 0.821. The van der Waals surface area contributed by atoms with Gasteiger partial charge in [-0.15, -0.1) is 6.42 Å². The third-order valence-corrected chi connectivity index (χ3v) is 1.54. The van der Waals surface area contributed by atoms with Gasteiger partial charge in [0.05, 0.1) is 5.56 Å². The Labute approximate surface area is 68.0 Å². The van der Waals surface area contributed by atoms with Crippen LogP contribution in [0.15, 0.2) is 6.07 Å². The van der Waals surface area contributed by atoms with Crippen molar-refractivity contribution >= 4 is 0 Å². The van der Waals surface area contributed by atoms with Gasteiger partial charge in [-0.05, 0) is 6.92 Å². The van der Waals surface area contributed by atoms with Crippen LogP contribution in [-0.2, 0) is 0 Å². The molecule has 0 N–H and O–H groups in total. The molecule has 0 saturated heterocycles. The van der Waals surface area contributed by atoms with Crippen LogP contribution in [0, 0.1) is 36.7 Å². The zero-order valence-electron chi connectivity index (χ0n) is 6.29. The molecule has 0 heterocycles. The minimum Gasteiger partial charge on any atom is -0.206 e. The van der Waals surface area contributed by atoms with Crippen LogP contribution < -0.4 is 0 Å². The average Bonchev–Trinajstić information content (AvgIpc) is 2.01. The lowest BCUT2D eigenvalue weighted by Crippen LogP contribution is -1.97. The number of hydrogen-bond donors (Lipinski definition) is 0. The first kappa shape index (κ1) is 8.66. The van der Waals surface area contributed by atoms with Crippen molar-refractivity contribution in [3.63, 3.8) is 0 Å². The predicted octanol–water partition coefficient (Wildman–Crippen LogP) is 2.39. The lowest BCUT2D eigenvalue weighted by atomic mass is 10.1. The van der Waals surface area contributed by atoms with Crippen LogP contribution >= 0.6 is 0 Å². The van der Waals surface area contributed by atoms with Crippen molar-refractivity contribution in [2.45, 2.75) is 6.92 Å². The summed E-state index contributed by atoms with van der Waals surface area (Å²) in [6.45, 7) is 1.20. The molecule has 3 heteroatoms. The second kappa shape index (κ2) is 2.90. The number of terminal acetylenes is 1. The minimum atomic E-state index is -1.04. The van der Waals surface area contributed by atoms with Crippen molar-refractivity contribution in [2.75, 3.05) is 0 Å². The Morgan fingerprint density at radius 2 is 1.83 bits per heavy atom. The summed E-state index contributed by atoms with van der Waals surface area (Å²) in [6, 6.07) is 0.577. The SMILES string of the molecule is C#Cc1c(F)cc(F)c(C)c1F. The van der Waals surface area contributed by atoms with Gasteiger partial charge >= 0.3 is 0 Å². The van der Waals surface area contributed by atoms with Gasteiger partial charge < -0.3 is 0 Å². The molecule has 62 valence electrons. The van der Waals surface area contributed by atoms with Gasteiger partial charge in [-0.25, -0.2) is 13.2 Å². The quantitative estimate of drug-likeness (QED) is 0.524. The summed E-state index contributed by atoms with van der Waals surface area (Å²) in [5.74, 6) is -1.16. The van der Waals surface area contributed by atoms with Crippen molar-refractivity contribution in [3.05, 3.63) is 34.6 Å². The molecule has 0 saturated carbocycles. The highest BCUT2D eigenvalue weighted by atomic mass is 19.1. The number of benzene rings is 1. The topological polar surface area (TPSA) is 0 Å². The summed E-state index contributed by atoms with van der Waals surface area (Å²) in [4.78, 5) is 0. The van der Waals surface area contributed by atoms with E-state index in [2.05, 4.69) is 0 Å². The molecule has 1 aromatic rings. The maximum atomic E-state index is 12.9. The van der Waals surface area contributed by atoms with Gasteiger partial charge in [0.2, 0.25) is 0 Å². The molecule has 0 aliphatic carbocycles. The van der Waals surface area contributed by atoms with E-state index < -0.39 is 23.0 Å². The highest BCUT2D eigenvalue weighted by molar-refractivity contribution is 5.38. The molecule has 1 aromatic carbocycles. The van der Waals surface area contributed by atoms with Crippen LogP contribution in [0.5, 0.6) is 0 Å². The van der Waals surface area contributed by atoms with Crippen molar-refractivity contribution < 1.29 is 13.2 Å². The second-order valence-electron chi connectivity index (χ2n) is 2.30. The van der Waals surface area contributed by atoms with Crippen LogP contribution in [0.4, 0.5) is 13.2 Å². The summed E-state index contributed by atoms with van der Waals surface area (Å²) < 4.78 is 38.2. The minimum absolute atomic E-state index is 0.260. The standard InChI is InChI=1S/C9H5F3/c1-3-6-8(11)4-7(10)5(2)9(6)12/h1,4H,2H3. The first-order valence-corrected chi connectivity index (χ1v) is 3.18. The fraction of sp³-hybridized carbons (Fsp3) is 0.111. The number of rotatable bonds is 0. The zero-order chi connectivity index (χ0) is 9.30. The molecule has 0 amide bonds. The van der Waals surface area contributed by atoms with Crippen LogP contribution in [0.1, 0.15) is 11.1 Å². The molecule has 0 atom stereocenters. The Balaban J connectivity index is 3.54. The van der Waals surface area contributed by atoms with Crippen molar-refractivity contribution in [3.8, 4) is 12.3 Å². The summed E-state index contributed by atoms with van der Waals surface area (Å²) in [5, 5.41) is 0. The molecular weight excluding hydrogens is 165 g/mol. The van der Waals surface area contributed by atoms with Crippen LogP contribution in [-0.4, -0.2) is 0 Å². The third kappa shape index (κ3) is 1.16. The summed E-state index contributed by atoms with van der Waals surface area (Å²) in [6.07, 6.45) is 4.82. The van der Waals surface area contributed by atoms with E-state index in [0.29, 0.717) is 6.07 Å². The first-order chi connectivity index (χ1) is 5.57. The van der Waals surface area contributed by atoms with E-state index >= 15 is 0 Å². The summed E-state index contributed by atoms with van der Waals surface area (Å²) in [5.41, 5.74) is -0.779. The Morgan fingerprint density at radius 1 is 1.25 bits per heavy atom. The lowest BCUT2D eigenvalue weighted by Gasteiger charge is -2.01. The fourth-order valence-electron chi connectivity index (χ4n) is 0.821. The van der Waals surface area contributed by atoms with E-state index in [-0.39, 0.29) is 5.56 Å². The van der Waals surface area contributed by atoms with Gasteiger partial charge in [0, 0.05) is 11.6 Å². The molecule has 0 aliphatic heterocycles. The van der Waals surface area contributed by atoms with Gasteiger partial charge in [-0.1, -0.05) is 5.92 Å². The molecule has 12 heavy (non-hydrogen) atoms.